The molecule has 0 amide bonds. The first-order valence-corrected chi connectivity index (χ1v) is 12.8. The second-order valence-corrected chi connectivity index (χ2v) is 11.0. The maximum Gasteiger partial charge on any atom is 0.172 e. The second-order valence-electron chi connectivity index (χ2n) is 7.77. The monoisotopic (exact) mass is 428 g/mol. The summed E-state index contributed by atoms with van der Waals surface area (Å²) in [6.45, 7) is 3.20. The molecule has 152 valence electrons. The van der Waals surface area contributed by atoms with E-state index in [2.05, 4.69) is 33.4 Å². The van der Waals surface area contributed by atoms with Crippen molar-refractivity contribution in [1.82, 2.24) is 14.9 Å². The number of hydrogen-bond donors (Lipinski definition) is 0. The normalized spacial score (nSPS) is 20.9. The number of rotatable bonds is 3. The molecule has 0 radical (unpaired) electrons. The summed E-state index contributed by atoms with van der Waals surface area (Å²) in [5.74, 6) is 2.40. The van der Waals surface area contributed by atoms with Gasteiger partial charge in [0.2, 0.25) is 0 Å². The van der Waals surface area contributed by atoms with Crippen molar-refractivity contribution < 1.29 is 8.42 Å². The first-order valence-electron chi connectivity index (χ1n) is 10.1. The van der Waals surface area contributed by atoms with Gasteiger partial charge in [-0.3, -0.25) is 4.90 Å². The van der Waals surface area contributed by atoms with Gasteiger partial charge >= 0.3 is 0 Å². The molecule has 2 aromatic heterocycles. The van der Waals surface area contributed by atoms with Gasteiger partial charge in [0, 0.05) is 37.6 Å². The van der Waals surface area contributed by atoms with E-state index in [-0.39, 0.29) is 0 Å². The van der Waals surface area contributed by atoms with Crippen molar-refractivity contribution in [2.45, 2.75) is 18.9 Å². The fourth-order valence-electron chi connectivity index (χ4n) is 4.35. The first-order chi connectivity index (χ1) is 14.1. The smallest absolute Gasteiger partial charge is 0.172 e. The third-order valence-electron chi connectivity index (χ3n) is 5.98. The Labute approximate surface area is 175 Å². The van der Waals surface area contributed by atoms with Crippen molar-refractivity contribution >= 4 is 37.9 Å². The standard InChI is InChI=1S/C21H24N4O2S2/c26-29(27)14-11-24(12-15-29)16-7-9-25(10-8-16)21-17-4-1-2-5-18(17)22-20(23-21)19-6-3-13-28-19/h1-6,13,16H,7-12,14-15H2. The number of benzene rings is 1. The summed E-state index contributed by atoms with van der Waals surface area (Å²) in [6.07, 6.45) is 2.07. The molecular formula is C21H24N4O2S2. The minimum atomic E-state index is -2.83. The molecule has 2 aliphatic rings. The molecule has 0 saturated carbocycles. The van der Waals surface area contributed by atoms with Gasteiger partial charge in [0.15, 0.2) is 15.7 Å². The third-order valence-corrected chi connectivity index (χ3v) is 8.46. The van der Waals surface area contributed by atoms with Crippen LogP contribution in [0.1, 0.15) is 12.8 Å². The fourth-order valence-corrected chi connectivity index (χ4v) is 6.24. The zero-order valence-corrected chi connectivity index (χ0v) is 17.8. The van der Waals surface area contributed by atoms with Gasteiger partial charge in [-0.15, -0.1) is 11.3 Å². The quantitative estimate of drug-likeness (QED) is 0.639. The minimum Gasteiger partial charge on any atom is -0.356 e. The Morgan fingerprint density at radius 3 is 2.41 bits per heavy atom. The van der Waals surface area contributed by atoms with E-state index in [1.54, 1.807) is 11.3 Å². The molecule has 5 rings (SSSR count). The summed E-state index contributed by atoms with van der Waals surface area (Å²) in [7, 11) is -2.83. The van der Waals surface area contributed by atoms with Crippen LogP contribution in [0.5, 0.6) is 0 Å². The molecule has 29 heavy (non-hydrogen) atoms. The van der Waals surface area contributed by atoms with Crippen LogP contribution < -0.4 is 4.90 Å². The molecule has 0 atom stereocenters. The number of anilines is 1. The van der Waals surface area contributed by atoms with Crippen molar-refractivity contribution in [1.29, 1.82) is 0 Å². The van der Waals surface area contributed by atoms with E-state index in [4.69, 9.17) is 9.97 Å². The van der Waals surface area contributed by atoms with Crippen LogP contribution in [0, 0.1) is 0 Å². The van der Waals surface area contributed by atoms with E-state index >= 15 is 0 Å². The lowest BCUT2D eigenvalue weighted by Crippen LogP contribution is -2.50. The van der Waals surface area contributed by atoms with Gasteiger partial charge in [-0.1, -0.05) is 18.2 Å². The molecule has 0 spiro atoms. The van der Waals surface area contributed by atoms with E-state index in [9.17, 15) is 8.42 Å². The molecule has 6 nitrogen and oxygen atoms in total. The van der Waals surface area contributed by atoms with Crippen LogP contribution in [0.4, 0.5) is 5.82 Å². The van der Waals surface area contributed by atoms with Crippen LogP contribution >= 0.6 is 11.3 Å². The Kier molecular flexibility index (Phi) is 5.01. The first kappa shape index (κ1) is 19.0. The largest absolute Gasteiger partial charge is 0.356 e. The minimum absolute atomic E-state index is 0.300. The number of thiophene rings is 1. The Balaban J connectivity index is 1.38. The maximum absolute atomic E-state index is 11.7. The van der Waals surface area contributed by atoms with Gasteiger partial charge in [-0.25, -0.2) is 18.4 Å². The molecule has 2 saturated heterocycles. The number of aromatic nitrogens is 2. The SMILES string of the molecule is O=S1(=O)CCN(C2CCN(c3nc(-c4cccs4)nc4ccccc34)CC2)CC1. The van der Waals surface area contributed by atoms with E-state index in [1.807, 2.05) is 18.2 Å². The third kappa shape index (κ3) is 3.89. The second kappa shape index (κ2) is 7.66. The number of nitrogens with zero attached hydrogens (tertiary/aromatic N) is 4. The molecule has 0 aliphatic carbocycles. The molecule has 0 unspecified atom stereocenters. The van der Waals surface area contributed by atoms with Crippen molar-refractivity contribution in [3.05, 3.63) is 41.8 Å². The number of sulfone groups is 1. The highest BCUT2D eigenvalue weighted by atomic mass is 32.2. The zero-order chi connectivity index (χ0) is 19.8. The van der Waals surface area contributed by atoms with Crippen LogP contribution in [0.15, 0.2) is 41.8 Å². The maximum atomic E-state index is 11.7. The number of para-hydroxylation sites is 1. The van der Waals surface area contributed by atoms with E-state index in [0.29, 0.717) is 30.6 Å². The highest BCUT2D eigenvalue weighted by Gasteiger charge is 2.30. The average molecular weight is 429 g/mol. The molecule has 1 aromatic carbocycles. The van der Waals surface area contributed by atoms with Crippen molar-refractivity contribution in [3.8, 4) is 10.7 Å². The van der Waals surface area contributed by atoms with E-state index in [1.165, 1.54) is 0 Å². The van der Waals surface area contributed by atoms with Crippen molar-refractivity contribution in [3.63, 3.8) is 0 Å². The van der Waals surface area contributed by atoms with Gasteiger partial charge < -0.3 is 4.90 Å². The number of fused-ring (bicyclic) bond motifs is 1. The van der Waals surface area contributed by atoms with E-state index < -0.39 is 9.84 Å². The number of hydrogen-bond acceptors (Lipinski definition) is 7. The van der Waals surface area contributed by atoms with Crippen molar-refractivity contribution in [2.24, 2.45) is 0 Å². The highest BCUT2D eigenvalue weighted by molar-refractivity contribution is 7.91. The van der Waals surface area contributed by atoms with Gasteiger partial charge in [0.25, 0.3) is 0 Å². The van der Waals surface area contributed by atoms with E-state index in [0.717, 1.165) is 53.4 Å². The average Bonchev–Trinajstić information content (AvgIpc) is 3.28. The topological polar surface area (TPSA) is 66.4 Å². The van der Waals surface area contributed by atoms with Crippen LogP contribution in [0.25, 0.3) is 21.6 Å². The van der Waals surface area contributed by atoms with Crippen LogP contribution in [-0.4, -0.2) is 67.0 Å². The van der Waals surface area contributed by atoms with Gasteiger partial charge in [0.05, 0.1) is 21.9 Å². The van der Waals surface area contributed by atoms with Gasteiger partial charge in [-0.2, -0.15) is 0 Å². The van der Waals surface area contributed by atoms with Crippen LogP contribution in [0.2, 0.25) is 0 Å². The molecule has 0 N–H and O–H groups in total. The molecule has 2 aliphatic heterocycles. The molecule has 2 fully saturated rings. The van der Waals surface area contributed by atoms with Gasteiger partial charge in [-0.05, 0) is 36.4 Å². The fraction of sp³-hybridized carbons (Fsp3) is 0.429. The highest BCUT2D eigenvalue weighted by Crippen LogP contribution is 2.31. The predicted molar refractivity (Wildman–Crippen MR) is 118 cm³/mol. The lowest BCUT2D eigenvalue weighted by Gasteiger charge is -2.40. The summed E-state index contributed by atoms with van der Waals surface area (Å²) >= 11 is 1.66. The molecule has 3 aromatic rings. The summed E-state index contributed by atoms with van der Waals surface area (Å²) in [6, 6.07) is 12.8. The molecular weight excluding hydrogens is 404 g/mol. The lowest BCUT2D eigenvalue weighted by molar-refractivity contribution is 0.182. The predicted octanol–water partition coefficient (Wildman–Crippen LogP) is 3.06. The van der Waals surface area contributed by atoms with Crippen LogP contribution in [-0.2, 0) is 9.84 Å². The summed E-state index contributed by atoms with van der Waals surface area (Å²) in [4.78, 5) is 15.6. The Bertz CT molecular complexity index is 1090. The molecule has 8 heteroatoms. The molecule has 0 bridgehead atoms. The Morgan fingerprint density at radius 1 is 0.931 bits per heavy atom. The Hall–Kier alpha value is -2.03. The lowest BCUT2D eigenvalue weighted by atomic mass is 10.0. The van der Waals surface area contributed by atoms with Crippen molar-refractivity contribution in [2.75, 3.05) is 42.6 Å². The summed E-state index contributed by atoms with van der Waals surface area (Å²) in [5.41, 5.74) is 0.976. The molecule has 4 heterocycles. The summed E-state index contributed by atoms with van der Waals surface area (Å²) in [5, 5.41) is 3.15. The van der Waals surface area contributed by atoms with Gasteiger partial charge in [0.1, 0.15) is 5.82 Å². The van der Waals surface area contributed by atoms with Crippen LogP contribution in [0.3, 0.4) is 0 Å². The Morgan fingerprint density at radius 2 is 1.69 bits per heavy atom. The number of piperidine rings is 1. The summed E-state index contributed by atoms with van der Waals surface area (Å²) < 4.78 is 23.4. The zero-order valence-electron chi connectivity index (χ0n) is 16.2.